The van der Waals surface area contributed by atoms with Gasteiger partial charge in [-0.05, 0) is 18.9 Å². The Balaban J connectivity index is 1.58. The zero-order chi connectivity index (χ0) is 17.8. The summed E-state index contributed by atoms with van der Waals surface area (Å²) < 4.78 is 6.67. The average molecular weight is 347 g/mol. The molecule has 0 unspecified atom stereocenters. The smallest absolute Gasteiger partial charge is 0.270 e. The Kier molecular flexibility index (Phi) is 5.25. The summed E-state index contributed by atoms with van der Waals surface area (Å²) >= 11 is 0. The zero-order valence-corrected chi connectivity index (χ0v) is 14.1. The van der Waals surface area contributed by atoms with Gasteiger partial charge in [-0.2, -0.15) is 5.10 Å². The second kappa shape index (κ2) is 7.58. The molecule has 134 valence electrons. The van der Waals surface area contributed by atoms with Crippen LogP contribution in [0, 0.1) is 10.1 Å². The molecule has 1 amide bonds. The summed E-state index contributed by atoms with van der Waals surface area (Å²) in [7, 11) is 1.51. The van der Waals surface area contributed by atoms with Crippen molar-refractivity contribution in [1.29, 1.82) is 0 Å². The van der Waals surface area contributed by atoms with Crippen molar-refractivity contribution in [3.63, 3.8) is 0 Å². The number of nitro groups is 1. The van der Waals surface area contributed by atoms with Crippen LogP contribution in [0.4, 0.5) is 5.69 Å². The number of rotatable bonds is 6. The Hall–Kier alpha value is -2.52. The monoisotopic (exact) mass is 347 g/mol. The molecule has 1 aliphatic heterocycles. The molecule has 1 aromatic carbocycles. The van der Waals surface area contributed by atoms with Crippen LogP contribution >= 0.6 is 0 Å². The van der Waals surface area contributed by atoms with Crippen molar-refractivity contribution in [1.82, 2.24) is 20.0 Å². The molecule has 1 saturated heterocycles. The number of aromatic nitrogens is 2. The molecule has 2 aromatic rings. The SMILES string of the molecule is COCC(=O)NC1CCN(Cn2ncc3cc([N+](=O)[O-])ccc32)CC1. The Bertz CT molecular complexity index is 767. The molecule has 1 aliphatic rings. The number of hydrogen-bond acceptors (Lipinski definition) is 6. The van der Waals surface area contributed by atoms with E-state index >= 15 is 0 Å². The number of benzene rings is 1. The highest BCUT2D eigenvalue weighted by Gasteiger charge is 2.21. The fourth-order valence-electron chi connectivity index (χ4n) is 3.11. The normalized spacial score (nSPS) is 16.2. The first kappa shape index (κ1) is 17.3. The number of non-ortho nitro benzene ring substituents is 1. The van der Waals surface area contributed by atoms with Gasteiger partial charge >= 0.3 is 0 Å². The number of likely N-dealkylation sites (tertiary alicyclic amines) is 1. The van der Waals surface area contributed by atoms with Crippen LogP contribution in [0.2, 0.25) is 0 Å². The number of amides is 1. The molecule has 1 aromatic heterocycles. The fourth-order valence-corrected chi connectivity index (χ4v) is 3.11. The molecule has 0 bridgehead atoms. The van der Waals surface area contributed by atoms with Gasteiger partial charge in [0, 0.05) is 43.8 Å². The van der Waals surface area contributed by atoms with Gasteiger partial charge in [0.05, 0.1) is 23.3 Å². The zero-order valence-electron chi connectivity index (χ0n) is 14.1. The maximum Gasteiger partial charge on any atom is 0.270 e. The highest BCUT2D eigenvalue weighted by atomic mass is 16.6. The maximum atomic E-state index is 11.6. The molecule has 2 heterocycles. The molecule has 9 nitrogen and oxygen atoms in total. The topological polar surface area (TPSA) is 103 Å². The largest absolute Gasteiger partial charge is 0.375 e. The van der Waals surface area contributed by atoms with Crippen molar-refractivity contribution in [2.24, 2.45) is 0 Å². The first-order chi connectivity index (χ1) is 12.1. The molecule has 0 aliphatic carbocycles. The van der Waals surface area contributed by atoms with E-state index in [2.05, 4.69) is 15.3 Å². The third-order valence-corrected chi connectivity index (χ3v) is 4.40. The van der Waals surface area contributed by atoms with Crippen molar-refractivity contribution in [2.45, 2.75) is 25.6 Å². The fraction of sp³-hybridized carbons (Fsp3) is 0.500. The number of piperidine rings is 1. The van der Waals surface area contributed by atoms with Crippen LogP contribution in [0.25, 0.3) is 10.9 Å². The number of nitro benzene ring substituents is 1. The van der Waals surface area contributed by atoms with Gasteiger partial charge in [0.15, 0.2) is 0 Å². The molecular formula is C16H21N5O4. The molecule has 0 radical (unpaired) electrons. The predicted octanol–water partition coefficient (Wildman–Crippen LogP) is 1.13. The summed E-state index contributed by atoms with van der Waals surface area (Å²) in [6.07, 6.45) is 3.40. The lowest BCUT2D eigenvalue weighted by atomic mass is 10.1. The van der Waals surface area contributed by atoms with Crippen molar-refractivity contribution in [3.05, 3.63) is 34.5 Å². The first-order valence-corrected chi connectivity index (χ1v) is 8.17. The molecule has 3 rings (SSSR count). The van der Waals surface area contributed by atoms with Gasteiger partial charge in [0.1, 0.15) is 6.61 Å². The Morgan fingerprint density at radius 1 is 1.44 bits per heavy atom. The van der Waals surface area contributed by atoms with E-state index in [0.717, 1.165) is 36.8 Å². The molecule has 1 N–H and O–H groups in total. The van der Waals surface area contributed by atoms with Crippen molar-refractivity contribution >= 4 is 22.5 Å². The van der Waals surface area contributed by atoms with E-state index in [0.29, 0.717) is 6.67 Å². The first-order valence-electron chi connectivity index (χ1n) is 8.17. The van der Waals surface area contributed by atoms with Crippen molar-refractivity contribution in [3.8, 4) is 0 Å². The minimum atomic E-state index is -0.403. The van der Waals surface area contributed by atoms with Gasteiger partial charge in [-0.15, -0.1) is 0 Å². The second-order valence-corrected chi connectivity index (χ2v) is 6.18. The van der Waals surface area contributed by atoms with Gasteiger partial charge in [0.2, 0.25) is 5.91 Å². The number of fused-ring (bicyclic) bond motifs is 1. The maximum absolute atomic E-state index is 11.6. The van der Waals surface area contributed by atoms with Gasteiger partial charge in [-0.25, -0.2) is 0 Å². The summed E-state index contributed by atoms with van der Waals surface area (Å²) in [4.78, 5) is 24.3. The minimum absolute atomic E-state index is 0.0691. The second-order valence-electron chi connectivity index (χ2n) is 6.18. The lowest BCUT2D eigenvalue weighted by Gasteiger charge is -2.32. The van der Waals surface area contributed by atoms with E-state index in [1.54, 1.807) is 12.3 Å². The van der Waals surface area contributed by atoms with Gasteiger partial charge in [0.25, 0.3) is 5.69 Å². The molecule has 0 saturated carbocycles. The predicted molar refractivity (Wildman–Crippen MR) is 91.0 cm³/mol. The van der Waals surface area contributed by atoms with Gasteiger partial charge in [-0.3, -0.25) is 24.5 Å². The Morgan fingerprint density at radius 3 is 2.88 bits per heavy atom. The molecule has 0 atom stereocenters. The summed E-state index contributed by atoms with van der Waals surface area (Å²) in [5.41, 5.74) is 0.945. The third-order valence-electron chi connectivity index (χ3n) is 4.40. The van der Waals surface area contributed by atoms with Crippen molar-refractivity contribution in [2.75, 3.05) is 26.8 Å². The van der Waals surface area contributed by atoms with E-state index < -0.39 is 4.92 Å². The minimum Gasteiger partial charge on any atom is -0.375 e. The third kappa shape index (κ3) is 4.12. The molecule has 9 heteroatoms. The summed E-state index contributed by atoms with van der Waals surface area (Å²) in [6, 6.07) is 4.95. The standard InChI is InChI=1S/C16H21N5O4/c1-25-10-16(22)18-13-4-6-19(7-5-13)11-20-15-3-2-14(21(23)24)8-12(15)9-17-20/h2-3,8-9,13H,4-7,10-11H2,1H3,(H,18,22). The average Bonchev–Trinajstić information content (AvgIpc) is 2.99. The van der Waals surface area contributed by atoms with Crippen LogP contribution < -0.4 is 5.32 Å². The Morgan fingerprint density at radius 2 is 2.20 bits per heavy atom. The highest BCUT2D eigenvalue weighted by molar-refractivity contribution is 5.81. The van der Waals surface area contributed by atoms with Crippen LogP contribution in [0.15, 0.2) is 24.4 Å². The summed E-state index contributed by atoms with van der Waals surface area (Å²) in [5.74, 6) is -0.0828. The number of carbonyl (C=O) groups excluding carboxylic acids is 1. The van der Waals surface area contributed by atoms with E-state index in [1.165, 1.54) is 19.2 Å². The van der Waals surface area contributed by atoms with Crippen molar-refractivity contribution < 1.29 is 14.5 Å². The quantitative estimate of drug-likeness (QED) is 0.621. The number of nitrogens with zero attached hydrogens (tertiary/aromatic N) is 4. The summed E-state index contributed by atoms with van der Waals surface area (Å²) in [5, 5.41) is 18.9. The van der Waals surface area contributed by atoms with Crippen LogP contribution in [0.1, 0.15) is 12.8 Å². The molecule has 1 fully saturated rings. The van der Waals surface area contributed by atoms with E-state index in [-0.39, 0.29) is 24.2 Å². The molecular weight excluding hydrogens is 326 g/mol. The lowest BCUT2D eigenvalue weighted by Crippen LogP contribution is -2.45. The van der Waals surface area contributed by atoms with Crippen LogP contribution in [-0.4, -0.2) is 58.4 Å². The van der Waals surface area contributed by atoms with Crippen LogP contribution in [-0.2, 0) is 16.2 Å². The summed E-state index contributed by atoms with van der Waals surface area (Å²) in [6.45, 7) is 2.42. The van der Waals surface area contributed by atoms with E-state index in [9.17, 15) is 14.9 Å². The van der Waals surface area contributed by atoms with Crippen LogP contribution in [0.3, 0.4) is 0 Å². The number of ether oxygens (including phenoxy) is 1. The van der Waals surface area contributed by atoms with E-state index in [1.807, 2.05) is 4.68 Å². The van der Waals surface area contributed by atoms with Gasteiger partial charge in [-0.1, -0.05) is 0 Å². The Labute approximate surface area is 144 Å². The number of nitrogens with one attached hydrogen (secondary N) is 1. The van der Waals surface area contributed by atoms with E-state index in [4.69, 9.17) is 4.74 Å². The molecule has 25 heavy (non-hydrogen) atoms. The van der Waals surface area contributed by atoms with Gasteiger partial charge < -0.3 is 10.1 Å². The molecule has 0 spiro atoms. The highest BCUT2D eigenvalue weighted by Crippen LogP contribution is 2.21. The number of hydrogen-bond donors (Lipinski definition) is 1. The number of methoxy groups -OCH3 is 1. The lowest BCUT2D eigenvalue weighted by molar-refractivity contribution is -0.384. The number of carbonyl (C=O) groups is 1. The van der Waals surface area contributed by atoms with Crippen LogP contribution in [0.5, 0.6) is 0 Å².